The van der Waals surface area contributed by atoms with Crippen LogP contribution in [0.3, 0.4) is 0 Å². The number of hydrogen-bond donors (Lipinski definition) is 3. The molecule has 0 aliphatic carbocycles. The van der Waals surface area contributed by atoms with E-state index in [0.29, 0.717) is 6.42 Å². The van der Waals surface area contributed by atoms with E-state index in [4.69, 9.17) is 5.73 Å². The third-order valence-electron chi connectivity index (χ3n) is 4.41. The van der Waals surface area contributed by atoms with Gasteiger partial charge in [0.1, 0.15) is 0 Å². The molecule has 4 heteroatoms. The minimum absolute atomic E-state index is 0.118. The maximum Gasteiger partial charge on any atom is 0.249 e. The minimum Gasteiger partial charge on any atom is -0.366 e. The molecular formula is C19H37NO3. The SMILES string of the molecule is C=C(C(N)=O)C(O)(O)CCCCCCCCCCCCCCC. The first-order chi connectivity index (χ1) is 10.9. The molecule has 4 nitrogen and oxygen atoms in total. The first-order valence-corrected chi connectivity index (χ1v) is 9.35. The Morgan fingerprint density at radius 2 is 1.17 bits per heavy atom. The van der Waals surface area contributed by atoms with Gasteiger partial charge in [0.25, 0.3) is 0 Å². The quantitative estimate of drug-likeness (QED) is 0.226. The van der Waals surface area contributed by atoms with Gasteiger partial charge in [-0.1, -0.05) is 90.6 Å². The Morgan fingerprint density at radius 1 is 0.826 bits per heavy atom. The summed E-state index contributed by atoms with van der Waals surface area (Å²) in [6.07, 6.45) is 16.1. The molecule has 0 rings (SSSR count). The van der Waals surface area contributed by atoms with Gasteiger partial charge in [0, 0.05) is 6.42 Å². The van der Waals surface area contributed by atoms with E-state index in [1.807, 2.05) is 0 Å². The Hall–Kier alpha value is -0.870. The van der Waals surface area contributed by atoms with Gasteiger partial charge in [-0.2, -0.15) is 0 Å². The van der Waals surface area contributed by atoms with E-state index in [9.17, 15) is 15.0 Å². The predicted molar refractivity (Wildman–Crippen MR) is 95.8 cm³/mol. The van der Waals surface area contributed by atoms with E-state index in [2.05, 4.69) is 13.5 Å². The topological polar surface area (TPSA) is 83.6 Å². The summed E-state index contributed by atoms with van der Waals surface area (Å²) in [6, 6.07) is 0. The van der Waals surface area contributed by atoms with E-state index in [0.717, 1.165) is 12.8 Å². The van der Waals surface area contributed by atoms with E-state index < -0.39 is 11.7 Å². The summed E-state index contributed by atoms with van der Waals surface area (Å²) in [5, 5.41) is 19.4. The van der Waals surface area contributed by atoms with Gasteiger partial charge in [-0.05, 0) is 6.42 Å². The second kappa shape index (κ2) is 13.6. The lowest BCUT2D eigenvalue weighted by Gasteiger charge is -2.22. The molecule has 0 heterocycles. The molecular weight excluding hydrogens is 290 g/mol. The summed E-state index contributed by atoms with van der Waals surface area (Å²) in [5.41, 5.74) is 4.68. The van der Waals surface area contributed by atoms with Crippen molar-refractivity contribution < 1.29 is 15.0 Å². The van der Waals surface area contributed by atoms with Gasteiger partial charge in [0.05, 0.1) is 5.57 Å². The molecule has 0 bridgehead atoms. The van der Waals surface area contributed by atoms with Gasteiger partial charge in [-0.25, -0.2) is 0 Å². The zero-order chi connectivity index (χ0) is 17.6. The normalized spacial score (nSPS) is 11.6. The Balaban J connectivity index is 3.37. The second-order valence-electron chi connectivity index (χ2n) is 6.65. The lowest BCUT2D eigenvalue weighted by atomic mass is 9.99. The van der Waals surface area contributed by atoms with E-state index in [1.165, 1.54) is 64.2 Å². The number of hydrogen-bond acceptors (Lipinski definition) is 3. The first-order valence-electron chi connectivity index (χ1n) is 9.35. The van der Waals surface area contributed by atoms with Crippen molar-refractivity contribution in [2.45, 2.75) is 103 Å². The molecule has 0 aromatic rings. The van der Waals surface area contributed by atoms with E-state index in [1.54, 1.807) is 0 Å². The fourth-order valence-corrected chi connectivity index (χ4v) is 2.74. The molecule has 136 valence electrons. The van der Waals surface area contributed by atoms with Crippen LogP contribution in [0.2, 0.25) is 0 Å². The molecule has 0 aliphatic rings. The van der Waals surface area contributed by atoms with Crippen LogP contribution in [0.15, 0.2) is 12.2 Å². The number of rotatable bonds is 16. The van der Waals surface area contributed by atoms with Gasteiger partial charge < -0.3 is 15.9 Å². The van der Waals surface area contributed by atoms with E-state index in [-0.39, 0.29) is 12.0 Å². The molecule has 0 spiro atoms. The molecule has 0 aromatic carbocycles. The van der Waals surface area contributed by atoms with Crippen LogP contribution in [0.1, 0.15) is 96.8 Å². The Morgan fingerprint density at radius 3 is 1.52 bits per heavy atom. The largest absolute Gasteiger partial charge is 0.366 e. The number of carbonyl (C=O) groups excluding carboxylic acids is 1. The summed E-state index contributed by atoms with van der Waals surface area (Å²) < 4.78 is 0. The van der Waals surface area contributed by atoms with Crippen LogP contribution in [0.4, 0.5) is 0 Å². The standard InChI is InChI=1S/C19H37NO3/c1-3-4-5-6-7-8-9-10-11-12-13-14-15-16-19(22,23)17(2)18(20)21/h22-23H,2-16H2,1H3,(H2,20,21). The van der Waals surface area contributed by atoms with Crippen molar-refractivity contribution in [2.75, 3.05) is 0 Å². The third-order valence-corrected chi connectivity index (χ3v) is 4.41. The highest BCUT2D eigenvalue weighted by Gasteiger charge is 2.29. The van der Waals surface area contributed by atoms with Gasteiger partial charge >= 0.3 is 0 Å². The number of carbonyl (C=O) groups is 1. The molecule has 23 heavy (non-hydrogen) atoms. The van der Waals surface area contributed by atoms with Crippen LogP contribution in [0, 0.1) is 0 Å². The Bertz CT molecular complexity index is 327. The van der Waals surface area contributed by atoms with Crippen LogP contribution in [-0.4, -0.2) is 21.9 Å². The Kier molecular flexibility index (Phi) is 13.0. The van der Waals surface area contributed by atoms with Crippen molar-refractivity contribution in [3.8, 4) is 0 Å². The lowest BCUT2D eigenvalue weighted by Crippen LogP contribution is -2.36. The van der Waals surface area contributed by atoms with Crippen molar-refractivity contribution in [1.82, 2.24) is 0 Å². The van der Waals surface area contributed by atoms with Crippen LogP contribution >= 0.6 is 0 Å². The number of nitrogens with two attached hydrogens (primary N) is 1. The Labute approximate surface area is 142 Å². The summed E-state index contributed by atoms with van der Waals surface area (Å²) in [4.78, 5) is 10.9. The maximum atomic E-state index is 10.9. The average molecular weight is 328 g/mol. The van der Waals surface area contributed by atoms with Crippen molar-refractivity contribution in [3.63, 3.8) is 0 Å². The molecule has 0 unspecified atom stereocenters. The third kappa shape index (κ3) is 12.2. The monoisotopic (exact) mass is 327 g/mol. The number of aliphatic hydroxyl groups is 2. The first kappa shape index (κ1) is 22.1. The second-order valence-corrected chi connectivity index (χ2v) is 6.65. The van der Waals surface area contributed by atoms with Crippen LogP contribution in [0.25, 0.3) is 0 Å². The highest BCUT2D eigenvalue weighted by atomic mass is 16.5. The summed E-state index contributed by atoms with van der Waals surface area (Å²) in [6.45, 7) is 5.58. The van der Waals surface area contributed by atoms with Crippen molar-refractivity contribution in [3.05, 3.63) is 12.2 Å². The van der Waals surface area contributed by atoms with Crippen LogP contribution in [-0.2, 0) is 4.79 Å². The molecule has 0 radical (unpaired) electrons. The highest BCUT2D eigenvalue weighted by Crippen LogP contribution is 2.20. The summed E-state index contributed by atoms with van der Waals surface area (Å²) in [7, 11) is 0. The van der Waals surface area contributed by atoms with Gasteiger partial charge in [-0.3, -0.25) is 4.79 Å². The predicted octanol–water partition coefficient (Wildman–Crippen LogP) is 4.19. The number of primary amides is 1. The van der Waals surface area contributed by atoms with Crippen LogP contribution < -0.4 is 5.73 Å². The van der Waals surface area contributed by atoms with Crippen molar-refractivity contribution in [2.24, 2.45) is 5.73 Å². The molecule has 0 aliphatic heterocycles. The molecule has 0 saturated heterocycles. The summed E-state index contributed by atoms with van der Waals surface area (Å²) in [5.74, 6) is -3.01. The minimum atomic E-state index is -2.15. The fourth-order valence-electron chi connectivity index (χ4n) is 2.74. The number of unbranched alkanes of at least 4 members (excludes halogenated alkanes) is 12. The highest BCUT2D eigenvalue weighted by molar-refractivity contribution is 5.92. The van der Waals surface area contributed by atoms with Gasteiger partial charge in [0.2, 0.25) is 5.91 Å². The summed E-state index contributed by atoms with van der Waals surface area (Å²) >= 11 is 0. The average Bonchev–Trinajstić information content (AvgIpc) is 2.50. The molecule has 4 N–H and O–H groups in total. The van der Waals surface area contributed by atoms with Crippen LogP contribution in [0.5, 0.6) is 0 Å². The molecule has 1 amide bonds. The molecule has 0 saturated carbocycles. The van der Waals surface area contributed by atoms with Crippen molar-refractivity contribution in [1.29, 1.82) is 0 Å². The number of amides is 1. The van der Waals surface area contributed by atoms with Gasteiger partial charge in [-0.15, -0.1) is 0 Å². The zero-order valence-electron chi connectivity index (χ0n) is 15.0. The zero-order valence-corrected chi connectivity index (χ0v) is 15.0. The molecule has 0 atom stereocenters. The van der Waals surface area contributed by atoms with Gasteiger partial charge in [0.15, 0.2) is 5.79 Å². The lowest BCUT2D eigenvalue weighted by molar-refractivity contribution is -0.145. The van der Waals surface area contributed by atoms with Crippen molar-refractivity contribution >= 4 is 5.91 Å². The molecule has 0 aromatic heterocycles. The fraction of sp³-hybridized carbons (Fsp3) is 0.842. The molecule has 0 fully saturated rings. The smallest absolute Gasteiger partial charge is 0.249 e. The maximum absolute atomic E-state index is 10.9. The van der Waals surface area contributed by atoms with E-state index >= 15 is 0 Å².